The van der Waals surface area contributed by atoms with Crippen molar-refractivity contribution in [2.45, 2.75) is 19.6 Å². The molecule has 0 aliphatic heterocycles. The van der Waals surface area contributed by atoms with Gasteiger partial charge in [0.05, 0.1) is 24.9 Å². The van der Waals surface area contributed by atoms with Gasteiger partial charge in [-0.1, -0.05) is 6.07 Å². The van der Waals surface area contributed by atoms with E-state index in [0.717, 1.165) is 9.36 Å². The van der Waals surface area contributed by atoms with Crippen LogP contribution in [-0.4, -0.2) is 39.0 Å². The molecule has 0 saturated carbocycles. The largest absolute Gasteiger partial charge is 0.465 e. The van der Waals surface area contributed by atoms with Gasteiger partial charge in [-0.05, 0) is 35.5 Å². The fourth-order valence-corrected chi connectivity index (χ4v) is 1.67. The Bertz CT molecular complexity index is 677. The zero-order valence-corrected chi connectivity index (χ0v) is 11.0. The van der Waals surface area contributed by atoms with Gasteiger partial charge in [0.25, 0.3) is 0 Å². The quantitative estimate of drug-likeness (QED) is 0.765. The maximum atomic E-state index is 12.9. The molecule has 0 fully saturated rings. The van der Waals surface area contributed by atoms with Gasteiger partial charge in [0.2, 0.25) is 0 Å². The van der Waals surface area contributed by atoms with E-state index in [0.29, 0.717) is 5.69 Å². The molecule has 0 aliphatic carbocycles. The molecule has 1 atom stereocenters. The van der Waals surface area contributed by atoms with Crippen LogP contribution in [0.15, 0.2) is 29.1 Å². The minimum Gasteiger partial charge on any atom is -0.465 e. The molecule has 7 nitrogen and oxygen atoms in total. The van der Waals surface area contributed by atoms with Crippen molar-refractivity contribution in [2.24, 2.45) is 0 Å². The Morgan fingerprint density at radius 1 is 1.45 bits per heavy atom. The van der Waals surface area contributed by atoms with Crippen LogP contribution in [-0.2, 0) is 11.3 Å². The molecule has 8 heteroatoms. The molecule has 1 heterocycles. The number of ether oxygens (including phenoxy) is 1. The molecule has 2 aromatic rings. The number of methoxy groups -OCH3 is 1. The van der Waals surface area contributed by atoms with Crippen molar-refractivity contribution in [3.63, 3.8) is 0 Å². The van der Waals surface area contributed by atoms with Crippen molar-refractivity contribution in [3.8, 4) is 5.69 Å². The molecule has 0 bridgehead atoms. The fraction of sp³-hybridized carbons (Fsp3) is 0.333. The second-order valence-corrected chi connectivity index (χ2v) is 4.18. The molecule has 20 heavy (non-hydrogen) atoms. The molecule has 1 aromatic carbocycles. The zero-order valence-electron chi connectivity index (χ0n) is 11.0. The number of hydrogen-bond acceptors (Lipinski definition) is 5. The van der Waals surface area contributed by atoms with Crippen LogP contribution in [0.4, 0.5) is 4.39 Å². The molecule has 0 aliphatic rings. The van der Waals surface area contributed by atoms with Gasteiger partial charge >= 0.3 is 11.7 Å². The van der Waals surface area contributed by atoms with E-state index in [2.05, 4.69) is 15.2 Å². The van der Waals surface area contributed by atoms with Crippen LogP contribution in [0.25, 0.3) is 5.69 Å². The van der Waals surface area contributed by atoms with Gasteiger partial charge in [0.15, 0.2) is 0 Å². The predicted molar refractivity (Wildman–Crippen MR) is 67.5 cm³/mol. The minimum atomic E-state index is -1.21. The van der Waals surface area contributed by atoms with E-state index in [9.17, 15) is 14.0 Å². The second-order valence-electron chi connectivity index (χ2n) is 4.18. The number of esters is 1. The van der Waals surface area contributed by atoms with Crippen molar-refractivity contribution in [2.75, 3.05) is 7.11 Å². The van der Waals surface area contributed by atoms with E-state index in [1.165, 1.54) is 20.1 Å². The Kier molecular flexibility index (Phi) is 3.92. The van der Waals surface area contributed by atoms with Gasteiger partial charge in [-0.25, -0.2) is 14.0 Å². The summed E-state index contributed by atoms with van der Waals surface area (Å²) in [6.45, 7) is 1.15. The number of aromatic nitrogens is 4. The van der Waals surface area contributed by atoms with Crippen LogP contribution < -0.4 is 5.69 Å². The van der Waals surface area contributed by atoms with Gasteiger partial charge in [-0.15, -0.1) is 0 Å². The zero-order chi connectivity index (χ0) is 14.7. The van der Waals surface area contributed by atoms with Crippen LogP contribution in [0.2, 0.25) is 0 Å². The molecule has 1 aromatic heterocycles. The molecule has 1 unspecified atom stereocenters. The van der Waals surface area contributed by atoms with Gasteiger partial charge < -0.3 is 4.74 Å². The highest BCUT2D eigenvalue weighted by Gasteiger charge is 2.13. The molecule has 106 valence electrons. The monoisotopic (exact) mass is 280 g/mol. The number of rotatable bonds is 4. The lowest BCUT2D eigenvalue weighted by Gasteiger charge is -2.02. The normalized spacial score (nSPS) is 12.2. The SMILES string of the molecule is COC(=O)c1cccc(-n2nnn(CC(C)F)c2=O)c1. The smallest absolute Gasteiger partial charge is 0.368 e. The fourth-order valence-electron chi connectivity index (χ4n) is 1.67. The van der Waals surface area contributed by atoms with Crippen LogP contribution in [0.5, 0.6) is 0 Å². The average Bonchev–Trinajstić information content (AvgIpc) is 2.79. The summed E-state index contributed by atoms with van der Waals surface area (Å²) < 4.78 is 19.4. The number of alkyl halides is 1. The van der Waals surface area contributed by atoms with E-state index in [1.54, 1.807) is 18.2 Å². The van der Waals surface area contributed by atoms with Gasteiger partial charge in [0, 0.05) is 0 Å². The lowest BCUT2D eigenvalue weighted by Crippen LogP contribution is -2.27. The molecular formula is C12H13FN4O3. The predicted octanol–water partition coefficient (Wildman–Crippen LogP) is 0.574. The second kappa shape index (κ2) is 5.64. The molecule has 0 amide bonds. The number of carbonyl (C=O) groups is 1. The maximum absolute atomic E-state index is 12.9. The average molecular weight is 280 g/mol. The van der Waals surface area contributed by atoms with Crippen molar-refractivity contribution in [1.29, 1.82) is 0 Å². The third kappa shape index (κ3) is 2.73. The summed E-state index contributed by atoms with van der Waals surface area (Å²) in [4.78, 5) is 23.4. The van der Waals surface area contributed by atoms with E-state index in [4.69, 9.17) is 0 Å². The molecule has 0 saturated heterocycles. The highest BCUT2D eigenvalue weighted by molar-refractivity contribution is 5.89. The Balaban J connectivity index is 2.40. The summed E-state index contributed by atoms with van der Waals surface area (Å²) in [6, 6.07) is 6.18. The van der Waals surface area contributed by atoms with Gasteiger partial charge in [0.1, 0.15) is 6.17 Å². The lowest BCUT2D eigenvalue weighted by molar-refractivity contribution is 0.0600. The standard InChI is InChI=1S/C12H13FN4O3/c1-8(13)7-16-12(19)17(15-14-16)10-5-3-4-9(6-10)11(18)20-2/h3-6,8H,7H2,1-2H3. The first-order chi connectivity index (χ1) is 9.52. The van der Waals surface area contributed by atoms with E-state index in [-0.39, 0.29) is 12.1 Å². The highest BCUT2D eigenvalue weighted by atomic mass is 19.1. The molecule has 0 N–H and O–H groups in total. The van der Waals surface area contributed by atoms with E-state index >= 15 is 0 Å². The molecule has 2 rings (SSSR count). The minimum absolute atomic E-state index is 0.171. The number of benzene rings is 1. The third-order valence-electron chi connectivity index (χ3n) is 2.58. The Morgan fingerprint density at radius 2 is 2.20 bits per heavy atom. The van der Waals surface area contributed by atoms with Crippen LogP contribution in [0.1, 0.15) is 17.3 Å². The summed E-state index contributed by atoms with van der Waals surface area (Å²) in [5, 5.41) is 7.25. The summed E-state index contributed by atoms with van der Waals surface area (Å²) >= 11 is 0. The summed E-state index contributed by atoms with van der Waals surface area (Å²) in [5.41, 5.74) is 0.0671. The lowest BCUT2D eigenvalue weighted by atomic mass is 10.2. The first-order valence-electron chi connectivity index (χ1n) is 5.88. The number of hydrogen-bond donors (Lipinski definition) is 0. The summed E-state index contributed by atoms with van der Waals surface area (Å²) in [5.74, 6) is -0.523. The van der Waals surface area contributed by atoms with Gasteiger partial charge in [-0.2, -0.15) is 9.36 Å². The maximum Gasteiger partial charge on any atom is 0.368 e. The van der Waals surface area contributed by atoms with Crippen molar-refractivity contribution >= 4 is 5.97 Å². The van der Waals surface area contributed by atoms with E-state index in [1.807, 2.05) is 0 Å². The van der Waals surface area contributed by atoms with Crippen LogP contribution >= 0.6 is 0 Å². The van der Waals surface area contributed by atoms with Crippen molar-refractivity contribution in [1.82, 2.24) is 19.8 Å². The highest BCUT2D eigenvalue weighted by Crippen LogP contribution is 2.08. The van der Waals surface area contributed by atoms with Crippen molar-refractivity contribution in [3.05, 3.63) is 40.3 Å². The van der Waals surface area contributed by atoms with Crippen molar-refractivity contribution < 1.29 is 13.9 Å². The summed E-state index contributed by atoms with van der Waals surface area (Å²) in [7, 11) is 1.26. The number of carbonyl (C=O) groups excluding carboxylic acids is 1. The molecule has 0 radical (unpaired) electrons. The number of nitrogens with zero attached hydrogens (tertiary/aromatic N) is 4. The Labute approximate surface area is 113 Å². The first-order valence-corrected chi connectivity index (χ1v) is 5.88. The topological polar surface area (TPSA) is 79.0 Å². The Hall–Kier alpha value is -2.51. The molecular weight excluding hydrogens is 267 g/mol. The van der Waals surface area contributed by atoms with E-state index < -0.39 is 17.8 Å². The van der Waals surface area contributed by atoms with Crippen LogP contribution in [0, 0.1) is 0 Å². The number of tetrazole rings is 1. The Morgan fingerprint density at radius 3 is 2.85 bits per heavy atom. The number of halogens is 1. The third-order valence-corrected chi connectivity index (χ3v) is 2.58. The van der Waals surface area contributed by atoms with Crippen LogP contribution in [0.3, 0.4) is 0 Å². The molecule has 0 spiro atoms. The van der Waals surface area contributed by atoms with Gasteiger partial charge in [-0.3, -0.25) is 0 Å². The summed E-state index contributed by atoms with van der Waals surface area (Å²) in [6.07, 6.45) is -1.21. The first kappa shape index (κ1) is 13.9.